The first kappa shape index (κ1) is 11.1. The van der Waals surface area contributed by atoms with Crippen LogP contribution in [-0.2, 0) is 4.79 Å². The van der Waals surface area contributed by atoms with Gasteiger partial charge in [0, 0.05) is 18.1 Å². The van der Waals surface area contributed by atoms with Crippen LogP contribution in [-0.4, -0.2) is 19.5 Å². The molecule has 2 aliphatic rings. The number of carbonyl (C=O) groups excluding carboxylic acids is 1. The Hall–Kier alpha value is -1.03. The lowest BCUT2D eigenvalue weighted by Crippen LogP contribution is -2.47. The lowest BCUT2D eigenvalue weighted by molar-refractivity contribution is -0.129. The predicted octanol–water partition coefficient (Wildman–Crippen LogP) is 3.01. The number of hydrogen-bond acceptors (Lipinski definition) is 2. The second kappa shape index (κ2) is 3.73. The van der Waals surface area contributed by atoms with E-state index in [9.17, 15) is 4.79 Å². The quantitative estimate of drug-likeness (QED) is 0.798. The van der Waals surface area contributed by atoms with E-state index < -0.39 is 0 Å². The number of amides is 1. The molecule has 1 heterocycles. The van der Waals surface area contributed by atoms with E-state index in [-0.39, 0.29) is 11.3 Å². The lowest BCUT2D eigenvalue weighted by Gasteiger charge is -2.40. The Morgan fingerprint density at radius 2 is 2.18 bits per heavy atom. The summed E-state index contributed by atoms with van der Waals surface area (Å²) in [5, 5.41) is 3.07. The molecule has 1 amide bonds. The summed E-state index contributed by atoms with van der Waals surface area (Å²) in [5.41, 5.74) is 1.86. The molecule has 0 aromatic heterocycles. The Balaban J connectivity index is 2.03. The first-order valence-corrected chi connectivity index (χ1v) is 6.72. The summed E-state index contributed by atoms with van der Waals surface area (Å²) in [7, 11) is 2.06. The molecule has 3 nitrogen and oxygen atoms in total. The highest BCUT2D eigenvalue weighted by Crippen LogP contribution is 2.46. The number of rotatable bonds is 0. The molecule has 1 aliphatic heterocycles. The number of nitrogens with one attached hydrogen (secondary N) is 1. The predicted molar refractivity (Wildman–Crippen MR) is 72.3 cm³/mol. The summed E-state index contributed by atoms with van der Waals surface area (Å²) in [4.78, 5) is 14.5. The summed E-state index contributed by atoms with van der Waals surface area (Å²) < 4.78 is 1.04. The molecule has 0 unspecified atom stereocenters. The molecule has 1 saturated carbocycles. The van der Waals surface area contributed by atoms with Crippen LogP contribution in [0.25, 0.3) is 0 Å². The number of nitrogens with zero attached hydrogens (tertiary/aromatic N) is 1. The van der Waals surface area contributed by atoms with E-state index in [2.05, 4.69) is 39.3 Å². The fourth-order valence-corrected chi connectivity index (χ4v) is 3.13. The summed E-state index contributed by atoms with van der Waals surface area (Å²) >= 11 is 3.48. The van der Waals surface area contributed by atoms with Crippen molar-refractivity contribution in [2.45, 2.75) is 19.3 Å². The number of fused-ring (bicyclic) bond motifs is 1. The Kier molecular flexibility index (Phi) is 2.43. The van der Waals surface area contributed by atoms with Gasteiger partial charge in [-0.25, -0.2) is 0 Å². The molecule has 1 aromatic rings. The van der Waals surface area contributed by atoms with Crippen molar-refractivity contribution in [3.8, 4) is 0 Å². The minimum absolute atomic E-state index is 0.153. The highest BCUT2D eigenvalue weighted by atomic mass is 79.9. The van der Waals surface area contributed by atoms with Crippen molar-refractivity contribution in [3.05, 3.63) is 22.7 Å². The Labute approximate surface area is 109 Å². The van der Waals surface area contributed by atoms with Crippen molar-refractivity contribution >= 4 is 33.2 Å². The molecule has 90 valence electrons. The summed E-state index contributed by atoms with van der Waals surface area (Å²) in [6.45, 7) is 0.822. The van der Waals surface area contributed by atoms with Gasteiger partial charge < -0.3 is 10.2 Å². The monoisotopic (exact) mass is 294 g/mol. The Morgan fingerprint density at radius 3 is 2.82 bits per heavy atom. The van der Waals surface area contributed by atoms with Crippen molar-refractivity contribution in [2.75, 3.05) is 23.8 Å². The second-order valence-electron chi connectivity index (χ2n) is 5.11. The van der Waals surface area contributed by atoms with E-state index in [1.165, 1.54) is 6.42 Å². The zero-order chi connectivity index (χ0) is 12.0. The SMILES string of the molecule is CN1CC2(CCC2)C(=O)Nc2ccc(Br)cc21. The molecule has 0 bridgehead atoms. The standard InChI is InChI=1S/C13H15BrN2O/c1-16-8-13(5-2-6-13)12(17)15-10-4-3-9(14)7-11(10)16/h3-4,7H,2,5-6,8H2,1H3,(H,15,17). The van der Waals surface area contributed by atoms with E-state index in [1.54, 1.807) is 0 Å². The normalized spacial score (nSPS) is 21.5. The van der Waals surface area contributed by atoms with Crippen LogP contribution < -0.4 is 10.2 Å². The summed E-state index contributed by atoms with van der Waals surface area (Å²) in [6.07, 6.45) is 3.19. The van der Waals surface area contributed by atoms with Gasteiger partial charge in [-0.05, 0) is 31.0 Å². The molecule has 4 heteroatoms. The van der Waals surface area contributed by atoms with Crippen LogP contribution in [0.3, 0.4) is 0 Å². The number of anilines is 2. The smallest absolute Gasteiger partial charge is 0.232 e. The molecule has 0 radical (unpaired) electrons. The topological polar surface area (TPSA) is 32.3 Å². The van der Waals surface area contributed by atoms with Gasteiger partial charge in [-0.2, -0.15) is 0 Å². The average molecular weight is 295 g/mol. The third-order valence-electron chi connectivity index (χ3n) is 3.95. The minimum atomic E-state index is -0.153. The molecule has 1 N–H and O–H groups in total. The van der Waals surface area contributed by atoms with Gasteiger partial charge in [-0.15, -0.1) is 0 Å². The molecule has 0 atom stereocenters. The van der Waals surface area contributed by atoms with Gasteiger partial charge in [0.2, 0.25) is 5.91 Å². The molecule has 17 heavy (non-hydrogen) atoms. The molecular weight excluding hydrogens is 280 g/mol. The lowest BCUT2D eigenvalue weighted by atomic mass is 9.68. The third-order valence-corrected chi connectivity index (χ3v) is 4.44. The van der Waals surface area contributed by atoms with Gasteiger partial charge in [0.1, 0.15) is 0 Å². The van der Waals surface area contributed by atoms with Crippen LogP contribution in [0, 0.1) is 5.41 Å². The van der Waals surface area contributed by atoms with E-state index >= 15 is 0 Å². The van der Waals surface area contributed by atoms with Gasteiger partial charge in [0.15, 0.2) is 0 Å². The Morgan fingerprint density at radius 1 is 1.41 bits per heavy atom. The third kappa shape index (κ3) is 1.66. The number of hydrogen-bond donors (Lipinski definition) is 1. The molecule has 1 fully saturated rings. The molecule has 0 saturated heterocycles. The highest BCUT2D eigenvalue weighted by molar-refractivity contribution is 9.10. The van der Waals surface area contributed by atoms with Crippen LogP contribution in [0.5, 0.6) is 0 Å². The first-order chi connectivity index (χ1) is 8.11. The first-order valence-electron chi connectivity index (χ1n) is 5.93. The summed E-state index contributed by atoms with van der Waals surface area (Å²) in [5.74, 6) is 0.191. The maximum absolute atomic E-state index is 12.3. The van der Waals surface area contributed by atoms with E-state index in [1.807, 2.05) is 12.1 Å². The average Bonchev–Trinajstić information content (AvgIpc) is 2.35. The Bertz CT molecular complexity index is 482. The van der Waals surface area contributed by atoms with Gasteiger partial charge in [0.05, 0.1) is 16.8 Å². The van der Waals surface area contributed by atoms with Crippen LogP contribution in [0.4, 0.5) is 11.4 Å². The fourth-order valence-electron chi connectivity index (χ4n) is 2.78. The maximum Gasteiger partial charge on any atom is 0.232 e. The van der Waals surface area contributed by atoms with Gasteiger partial charge in [-0.1, -0.05) is 22.4 Å². The maximum atomic E-state index is 12.3. The zero-order valence-electron chi connectivity index (χ0n) is 9.79. The van der Waals surface area contributed by atoms with Gasteiger partial charge in [-0.3, -0.25) is 4.79 Å². The summed E-state index contributed by atoms with van der Waals surface area (Å²) in [6, 6.07) is 5.99. The molecule has 1 aliphatic carbocycles. The number of benzene rings is 1. The van der Waals surface area contributed by atoms with Crippen LogP contribution >= 0.6 is 15.9 Å². The van der Waals surface area contributed by atoms with Crippen LogP contribution in [0.1, 0.15) is 19.3 Å². The van der Waals surface area contributed by atoms with Crippen molar-refractivity contribution in [1.82, 2.24) is 0 Å². The number of carbonyl (C=O) groups is 1. The van der Waals surface area contributed by atoms with E-state index in [4.69, 9.17) is 0 Å². The molecule has 1 spiro atoms. The van der Waals surface area contributed by atoms with Crippen molar-refractivity contribution in [1.29, 1.82) is 0 Å². The van der Waals surface area contributed by atoms with Crippen LogP contribution in [0.15, 0.2) is 22.7 Å². The van der Waals surface area contributed by atoms with E-state index in [0.717, 1.165) is 35.2 Å². The van der Waals surface area contributed by atoms with E-state index in [0.29, 0.717) is 0 Å². The fraction of sp³-hybridized carbons (Fsp3) is 0.462. The molecular formula is C13H15BrN2O. The van der Waals surface area contributed by atoms with Crippen molar-refractivity contribution in [3.63, 3.8) is 0 Å². The van der Waals surface area contributed by atoms with Gasteiger partial charge in [0.25, 0.3) is 0 Å². The largest absolute Gasteiger partial charge is 0.372 e. The second-order valence-corrected chi connectivity index (χ2v) is 6.02. The van der Waals surface area contributed by atoms with Crippen molar-refractivity contribution in [2.24, 2.45) is 5.41 Å². The minimum Gasteiger partial charge on any atom is -0.372 e. The molecule has 3 rings (SSSR count). The zero-order valence-corrected chi connectivity index (χ0v) is 11.4. The van der Waals surface area contributed by atoms with Crippen LogP contribution in [0.2, 0.25) is 0 Å². The molecule has 1 aromatic carbocycles. The van der Waals surface area contributed by atoms with Crippen molar-refractivity contribution < 1.29 is 4.79 Å². The van der Waals surface area contributed by atoms with Gasteiger partial charge >= 0.3 is 0 Å². The highest BCUT2D eigenvalue weighted by Gasteiger charge is 2.46. The number of halogens is 1.